The number of hydrogen-bond donors (Lipinski definition) is 0. The van der Waals surface area contributed by atoms with Crippen molar-refractivity contribution in [3.8, 4) is 6.07 Å². The highest BCUT2D eigenvalue weighted by molar-refractivity contribution is 5.77. The van der Waals surface area contributed by atoms with E-state index in [2.05, 4.69) is 0 Å². The second-order valence-electron chi connectivity index (χ2n) is 3.48. The Kier molecular flexibility index (Phi) is 3.84. The van der Waals surface area contributed by atoms with Crippen LogP contribution in [0.3, 0.4) is 0 Å². The number of Topliss-reactive ketones (excluding diaryl/α,β-unsaturated/α-hetero) is 1. The molecule has 1 unspecified atom stereocenters. The summed E-state index contributed by atoms with van der Waals surface area (Å²) in [5, 5.41) is 8.70. The van der Waals surface area contributed by atoms with Gasteiger partial charge < -0.3 is 0 Å². The summed E-state index contributed by atoms with van der Waals surface area (Å²) in [4.78, 5) is 10.8. The molecule has 0 aliphatic rings. The molecule has 0 aliphatic carbocycles. The predicted molar refractivity (Wildman–Crippen MR) is 49.9 cm³/mol. The van der Waals surface area contributed by atoms with Gasteiger partial charge in [0, 0.05) is 12.0 Å². The maximum atomic E-state index is 13.3. The summed E-state index contributed by atoms with van der Waals surface area (Å²) in [6.45, 7) is 1.15. The molecule has 0 spiro atoms. The Balaban J connectivity index is 3.31. The molecule has 0 amide bonds. The van der Waals surface area contributed by atoms with Crippen LogP contribution in [0.5, 0.6) is 0 Å². The van der Waals surface area contributed by atoms with Gasteiger partial charge in [0.25, 0.3) is 0 Å². The van der Waals surface area contributed by atoms with Crippen molar-refractivity contribution in [1.29, 1.82) is 5.26 Å². The molecule has 90 valence electrons. The lowest BCUT2D eigenvalue weighted by Crippen LogP contribution is -2.08. The third-order valence-electron chi connectivity index (χ3n) is 2.15. The molecule has 0 saturated carbocycles. The molecule has 0 aliphatic heterocycles. The lowest BCUT2D eigenvalue weighted by Gasteiger charge is -2.10. The molecular formula is C11H7F4NO. The number of nitriles is 1. The van der Waals surface area contributed by atoms with Crippen LogP contribution in [0, 0.1) is 34.6 Å². The fourth-order valence-electron chi connectivity index (χ4n) is 1.36. The number of hydrogen-bond acceptors (Lipinski definition) is 2. The molecular weight excluding hydrogens is 238 g/mol. The second kappa shape index (κ2) is 4.95. The van der Waals surface area contributed by atoms with E-state index in [4.69, 9.17) is 5.26 Å². The lowest BCUT2D eigenvalue weighted by molar-refractivity contribution is -0.117. The van der Waals surface area contributed by atoms with E-state index >= 15 is 0 Å². The standard InChI is InChI=1S/C11H7F4NO/c1-5(17)2-6(4-16)7-3-8(12)10(14)11(15)9(7)13/h3,6H,2H2,1H3. The van der Waals surface area contributed by atoms with Crippen molar-refractivity contribution in [3.05, 3.63) is 34.9 Å². The molecule has 6 heteroatoms. The van der Waals surface area contributed by atoms with E-state index < -0.39 is 47.0 Å². The lowest BCUT2D eigenvalue weighted by atomic mass is 9.94. The summed E-state index contributed by atoms with van der Waals surface area (Å²) in [5.74, 6) is -8.94. The van der Waals surface area contributed by atoms with Crippen LogP contribution in [-0.2, 0) is 4.79 Å². The maximum absolute atomic E-state index is 13.3. The van der Waals surface area contributed by atoms with E-state index in [0.717, 1.165) is 6.92 Å². The van der Waals surface area contributed by atoms with Crippen molar-refractivity contribution >= 4 is 5.78 Å². The van der Waals surface area contributed by atoms with Gasteiger partial charge in [-0.15, -0.1) is 0 Å². The average Bonchev–Trinajstić information content (AvgIpc) is 2.28. The Morgan fingerprint density at radius 1 is 1.29 bits per heavy atom. The third kappa shape index (κ3) is 2.61. The highest BCUT2D eigenvalue weighted by Crippen LogP contribution is 2.27. The van der Waals surface area contributed by atoms with Gasteiger partial charge in [-0.3, -0.25) is 4.79 Å². The summed E-state index contributed by atoms with van der Waals surface area (Å²) in [5.41, 5.74) is -0.654. The number of carbonyl (C=O) groups excluding carboxylic acids is 1. The number of halogens is 4. The van der Waals surface area contributed by atoms with Gasteiger partial charge in [-0.2, -0.15) is 5.26 Å². The summed E-state index contributed by atoms with van der Waals surface area (Å²) in [6, 6.07) is 1.94. The summed E-state index contributed by atoms with van der Waals surface area (Å²) in [6.07, 6.45) is -0.391. The van der Waals surface area contributed by atoms with E-state index in [1.165, 1.54) is 0 Å². The first-order chi connectivity index (χ1) is 7.88. The number of nitrogens with zero attached hydrogens (tertiary/aromatic N) is 1. The van der Waals surface area contributed by atoms with Crippen LogP contribution in [0.1, 0.15) is 24.8 Å². The zero-order chi connectivity index (χ0) is 13.2. The van der Waals surface area contributed by atoms with Crippen molar-refractivity contribution < 1.29 is 22.4 Å². The van der Waals surface area contributed by atoms with E-state index in [9.17, 15) is 22.4 Å². The number of rotatable bonds is 3. The zero-order valence-electron chi connectivity index (χ0n) is 8.73. The van der Waals surface area contributed by atoms with Gasteiger partial charge in [-0.05, 0) is 13.0 Å². The molecule has 1 rings (SSSR count). The minimum atomic E-state index is -1.98. The molecule has 1 atom stereocenters. The Labute approximate surface area is 94.5 Å². The molecule has 0 aromatic heterocycles. The molecule has 0 N–H and O–H groups in total. The first-order valence-corrected chi connectivity index (χ1v) is 4.60. The molecule has 2 nitrogen and oxygen atoms in total. The normalized spacial score (nSPS) is 12.0. The average molecular weight is 245 g/mol. The topological polar surface area (TPSA) is 40.9 Å². The van der Waals surface area contributed by atoms with Crippen LogP contribution in [0.15, 0.2) is 6.07 Å². The van der Waals surface area contributed by atoms with Crippen molar-refractivity contribution in [2.75, 3.05) is 0 Å². The van der Waals surface area contributed by atoms with Crippen molar-refractivity contribution in [3.63, 3.8) is 0 Å². The number of benzene rings is 1. The molecule has 0 saturated heterocycles. The van der Waals surface area contributed by atoms with E-state index in [-0.39, 0.29) is 0 Å². The Morgan fingerprint density at radius 3 is 2.35 bits per heavy atom. The number of ketones is 1. The fourth-order valence-corrected chi connectivity index (χ4v) is 1.36. The van der Waals surface area contributed by atoms with E-state index in [0.29, 0.717) is 6.07 Å². The Bertz CT molecular complexity index is 507. The van der Waals surface area contributed by atoms with Crippen molar-refractivity contribution in [2.24, 2.45) is 0 Å². The monoisotopic (exact) mass is 245 g/mol. The molecule has 1 aromatic rings. The quantitative estimate of drug-likeness (QED) is 0.466. The maximum Gasteiger partial charge on any atom is 0.197 e. The van der Waals surface area contributed by atoms with Crippen molar-refractivity contribution in [2.45, 2.75) is 19.3 Å². The minimum Gasteiger partial charge on any atom is -0.300 e. The van der Waals surface area contributed by atoms with Crippen LogP contribution in [0.4, 0.5) is 17.6 Å². The second-order valence-corrected chi connectivity index (χ2v) is 3.48. The van der Waals surface area contributed by atoms with Crippen molar-refractivity contribution in [1.82, 2.24) is 0 Å². The van der Waals surface area contributed by atoms with Gasteiger partial charge in [0.2, 0.25) is 0 Å². The Hall–Kier alpha value is -1.90. The van der Waals surface area contributed by atoms with E-state index in [1.807, 2.05) is 0 Å². The van der Waals surface area contributed by atoms with Gasteiger partial charge >= 0.3 is 0 Å². The first kappa shape index (κ1) is 13.2. The summed E-state index contributed by atoms with van der Waals surface area (Å²) in [7, 11) is 0. The SMILES string of the molecule is CC(=O)CC(C#N)c1cc(F)c(F)c(F)c1F. The largest absolute Gasteiger partial charge is 0.300 e. The molecule has 1 aromatic carbocycles. The molecule has 0 bridgehead atoms. The summed E-state index contributed by atoms with van der Waals surface area (Å²) >= 11 is 0. The predicted octanol–water partition coefficient (Wildman–Crippen LogP) is 2.83. The molecule has 0 heterocycles. The highest BCUT2D eigenvalue weighted by atomic mass is 19.2. The van der Waals surface area contributed by atoms with Gasteiger partial charge in [-0.25, -0.2) is 17.6 Å². The fraction of sp³-hybridized carbons (Fsp3) is 0.273. The molecule has 0 radical (unpaired) electrons. The Morgan fingerprint density at radius 2 is 1.88 bits per heavy atom. The molecule has 0 fully saturated rings. The highest BCUT2D eigenvalue weighted by Gasteiger charge is 2.24. The summed E-state index contributed by atoms with van der Waals surface area (Å²) < 4.78 is 51.7. The van der Waals surface area contributed by atoms with Gasteiger partial charge in [0.1, 0.15) is 5.78 Å². The van der Waals surface area contributed by atoms with Crippen LogP contribution >= 0.6 is 0 Å². The van der Waals surface area contributed by atoms with Gasteiger partial charge in [-0.1, -0.05) is 0 Å². The van der Waals surface area contributed by atoms with Crippen LogP contribution in [-0.4, -0.2) is 5.78 Å². The number of carbonyl (C=O) groups is 1. The smallest absolute Gasteiger partial charge is 0.197 e. The van der Waals surface area contributed by atoms with Crippen LogP contribution in [0.25, 0.3) is 0 Å². The van der Waals surface area contributed by atoms with E-state index in [1.54, 1.807) is 6.07 Å². The van der Waals surface area contributed by atoms with Crippen LogP contribution < -0.4 is 0 Å². The zero-order valence-corrected chi connectivity index (χ0v) is 8.73. The third-order valence-corrected chi connectivity index (χ3v) is 2.15. The first-order valence-electron chi connectivity index (χ1n) is 4.60. The van der Waals surface area contributed by atoms with Crippen LogP contribution in [0.2, 0.25) is 0 Å². The van der Waals surface area contributed by atoms with Gasteiger partial charge in [0.05, 0.1) is 12.0 Å². The van der Waals surface area contributed by atoms with Gasteiger partial charge in [0.15, 0.2) is 23.3 Å². The molecule has 17 heavy (non-hydrogen) atoms. The minimum absolute atomic E-state index is 0.391.